The molecule has 0 saturated heterocycles. The summed E-state index contributed by atoms with van der Waals surface area (Å²) >= 11 is 6.00. The molecule has 2 rings (SSSR count). The molecule has 1 saturated carbocycles. The highest BCUT2D eigenvalue weighted by Gasteiger charge is 2.30. The molecule has 0 atom stereocenters. The minimum Gasteiger partial charge on any atom is -0.378 e. The highest BCUT2D eigenvalue weighted by Crippen LogP contribution is 2.24. The van der Waals surface area contributed by atoms with Crippen LogP contribution in [0.15, 0.2) is 12.3 Å². The van der Waals surface area contributed by atoms with Gasteiger partial charge in [-0.2, -0.15) is 0 Å². The predicted molar refractivity (Wildman–Crippen MR) is 74.7 cm³/mol. The zero-order chi connectivity index (χ0) is 13.8. The van der Waals surface area contributed by atoms with Gasteiger partial charge in [-0.15, -0.1) is 0 Å². The fourth-order valence-electron chi connectivity index (χ4n) is 2.07. The molecular formula is C13H18ClN3O2. The van der Waals surface area contributed by atoms with Crippen molar-refractivity contribution in [3.63, 3.8) is 0 Å². The van der Waals surface area contributed by atoms with Crippen LogP contribution in [0.2, 0.25) is 5.02 Å². The molecule has 0 aromatic carbocycles. The molecule has 1 fully saturated rings. The summed E-state index contributed by atoms with van der Waals surface area (Å²) in [5, 5.41) is 6.24. The molecule has 1 heterocycles. The number of hydrogen-bond donors (Lipinski definition) is 2. The van der Waals surface area contributed by atoms with Crippen molar-refractivity contribution in [2.24, 2.45) is 0 Å². The van der Waals surface area contributed by atoms with E-state index in [9.17, 15) is 4.79 Å². The monoisotopic (exact) mass is 283 g/mol. The number of hydrogen-bond acceptors (Lipinski definition) is 4. The van der Waals surface area contributed by atoms with Crippen LogP contribution in [-0.4, -0.2) is 36.7 Å². The van der Waals surface area contributed by atoms with Gasteiger partial charge in [-0.25, -0.2) is 4.98 Å². The summed E-state index contributed by atoms with van der Waals surface area (Å²) < 4.78 is 5.45. The lowest BCUT2D eigenvalue weighted by Crippen LogP contribution is -2.47. The number of ether oxygens (including phenoxy) is 1. The van der Waals surface area contributed by atoms with Crippen molar-refractivity contribution >= 4 is 23.3 Å². The van der Waals surface area contributed by atoms with Crippen molar-refractivity contribution in [2.45, 2.75) is 31.9 Å². The van der Waals surface area contributed by atoms with Crippen LogP contribution in [0, 0.1) is 0 Å². The quantitative estimate of drug-likeness (QED) is 0.868. The maximum atomic E-state index is 12.0. The summed E-state index contributed by atoms with van der Waals surface area (Å²) in [7, 11) is 1.73. The van der Waals surface area contributed by atoms with Crippen LogP contribution in [0.4, 0.5) is 5.82 Å². The first-order valence-corrected chi connectivity index (χ1v) is 6.77. The van der Waals surface area contributed by atoms with Crippen LogP contribution in [0.25, 0.3) is 0 Å². The van der Waals surface area contributed by atoms with Gasteiger partial charge in [0.2, 0.25) is 0 Å². The molecule has 104 valence electrons. The van der Waals surface area contributed by atoms with Crippen molar-refractivity contribution in [1.82, 2.24) is 10.3 Å². The molecule has 0 radical (unpaired) electrons. The Morgan fingerprint density at radius 2 is 2.32 bits per heavy atom. The highest BCUT2D eigenvalue weighted by atomic mass is 35.5. The standard InChI is InChI=1S/C13H18ClN3O2/c1-3-19-10-5-9(6-10)17-13(18)8-4-11(14)12(15-2)16-7-8/h4,7,9-10H,3,5-6H2,1-2H3,(H,15,16)(H,17,18). The summed E-state index contributed by atoms with van der Waals surface area (Å²) in [6.07, 6.45) is 3.54. The topological polar surface area (TPSA) is 63.2 Å². The van der Waals surface area contributed by atoms with Gasteiger partial charge in [0, 0.05) is 25.9 Å². The number of aromatic nitrogens is 1. The Hall–Kier alpha value is -1.33. The first kappa shape index (κ1) is 14.1. The van der Waals surface area contributed by atoms with E-state index in [2.05, 4.69) is 15.6 Å². The van der Waals surface area contributed by atoms with Gasteiger partial charge in [0.25, 0.3) is 5.91 Å². The Kier molecular flexibility index (Phi) is 4.61. The maximum Gasteiger partial charge on any atom is 0.253 e. The van der Waals surface area contributed by atoms with Crippen molar-refractivity contribution in [2.75, 3.05) is 19.0 Å². The fourth-order valence-corrected chi connectivity index (χ4v) is 2.33. The number of amides is 1. The normalized spacial score (nSPS) is 21.6. The van der Waals surface area contributed by atoms with E-state index in [0.717, 1.165) is 19.4 Å². The van der Waals surface area contributed by atoms with Crippen LogP contribution in [0.5, 0.6) is 0 Å². The molecule has 19 heavy (non-hydrogen) atoms. The Balaban J connectivity index is 1.89. The second kappa shape index (κ2) is 6.21. The third-order valence-corrected chi connectivity index (χ3v) is 3.46. The fraction of sp³-hybridized carbons (Fsp3) is 0.538. The van der Waals surface area contributed by atoms with Crippen LogP contribution in [-0.2, 0) is 4.74 Å². The lowest BCUT2D eigenvalue weighted by Gasteiger charge is -2.35. The number of pyridine rings is 1. The van der Waals surface area contributed by atoms with Crippen LogP contribution < -0.4 is 10.6 Å². The van der Waals surface area contributed by atoms with E-state index in [-0.39, 0.29) is 18.1 Å². The van der Waals surface area contributed by atoms with Crippen molar-refractivity contribution in [3.05, 3.63) is 22.8 Å². The number of nitrogens with zero attached hydrogens (tertiary/aromatic N) is 1. The number of nitrogens with one attached hydrogen (secondary N) is 2. The number of anilines is 1. The van der Waals surface area contributed by atoms with Gasteiger partial charge in [-0.1, -0.05) is 11.6 Å². The van der Waals surface area contributed by atoms with Crippen LogP contribution in [0.1, 0.15) is 30.1 Å². The molecule has 0 bridgehead atoms. The summed E-state index contributed by atoms with van der Waals surface area (Å²) in [5.74, 6) is 0.426. The van der Waals surface area contributed by atoms with Gasteiger partial charge in [0.15, 0.2) is 0 Å². The van der Waals surface area contributed by atoms with Gasteiger partial charge < -0.3 is 15.4 Å². The van der Waals surface area contributed by atoms with E-state index in [1.165, 1.54) is 6.20 Å². The molecule has 1 amide bonds. The highest BCUT2D eigenvalue weighted by molar-refractivity contribution is 6.33. The lowest BCUT2D eigenvalue weighted by atomic mass is 9.89. The minimum atomic E-state index is -0.142. The second-order valence-electron chi connectivity index (χ2n) is 4.52. The molecule has 1 aromatic rings. The smallest absolute Gasteiger partial charge is 0.253 e. The van der Waals surface area contributed by atoms with Gasteiger partial charge in [-0.05, 0) is 25.8 Å². The van der Waals surface area contributed by atoms with Gasteiger partial charge in [0.1, 0.15) is 5.82 Å². The molecule has 1 aliphatic rings. The van der Waals surface area contributed by atoms with E-state index in [0.29, 0.717) is 16.4 Å². The van der Waals surface area contributed by atoms with Gasteiger partial charge in [-0.3, -0.25) is 4.79 Å². The average molecular weight is 284 g/mol. The first-order chi connectivity index (χ1) is 9.13. The third-order valence-electron chi connectivity index (χ3n) is 3.17. The first-order valence-electron chi connectivity index (χ1n) is 6.39. The van der Waals surface area contributed by atoms with Gasteiger partial charge >= 0.3 is 0 Å². The van der Waals surface area contributed by atoms with E-state index in [4.69, 9.17) is 16.3 Å². The Morgan fingerprint density at radius 3 is 2.89 bits per heavy atom. The Bertz CT molecular complexity index is 461. The third kappa shape index (κ3) is 3.36. The molecule has 0 aliphatic heterocycles. The number of carbonyl (C=O) groups is 1. The molecule has 6 heteroatoms. The van der Waals surface area contributed by atoms with Crippen molar-refractivity contribution in [3.8, 4) is 0 Å². The zero-order valence-electron chi connectivity index (χ0n) is 11.1. The predicted octanol–water partition coefficient (Wildman–Crippen LogP) is 2.07. The number of rotatable bonds is 5. The van der Waals surface area contributed by atoms with E-state index < -0.39 is 0 Å². The molecule has 1 aromatic heterocycles. The minimum absolute atomic E-state index is 0.142. The number of carbonyl (C=O) groups excluding carboxylic acids is 1. The van der Waals surface area contributed by atoms with Crippen molar-refractivity contribution < 1.29 is 9.53 Å². The van der Waals surface area contributed by atoms with Crippen LogP contribution in [0.3, 0.4) is 0 Å². The summed E-state index contributed by atoms with van der Waals surface area (Å²) in [4.78, 5) is 16.1. The van der Waals surface area contributed by atoms with Gasteiger partial charge in [0.05, 0.1) is 16.7 Å². The SMILES string of the molecule is CCOC1CC(NC(=O)c2cnc(NC)c(Cl)c2)C1. The largest absolute Gasteiger partial charge is 0.378 e. The molecule has 5 nitrogen and oxygen atoms in total. The Morgan fingerprint density at radius 1 is 1.58 bits per heavy atom. The van der Waals surface area contributed by atoms with Crippen LogP contribution >= 0.6 is 11.6 Å². The summed E-state index contributed by atoms with van der Waals surface area (Å²) in [6, 6.07) is 1.81. The van der Waals surface area contributed by atoms with E-state index in [1.54, 1.807) is 13.1 Å². The summed E-state index contributed by atoms with van der Waals surface area (Å²) in [5.41, 5.74) is 0.476. The second-order valence-corrected chi connectivity index (χ2v) is 4.93. The van der Waals surface area contributed by atoms with E-state index in [1.807, 2.05) is 6.92 Å². The average Bonchev–Trinajstić information content (AvgIpc) is 2.36. The lowest BCUT2D eigenvalue weighted by molar-refractivity contribution is -0.00862. The summed E-state index contributed by atoms with van der Waals surface area (Å²) in [6.45, 7) is 2.69. The van der Waals surface area contributed by atoms with E-state index >= 15 is 0 Å². The maximum absolute atomic E-state index is 12.0. The molecule has 2 N–H and O–H groups in total. The molecule has 0 unspecified atom stereocenters. The van der Waals surface area contributed by atoms with Crippen molar-refractivity contribution in [1.29, 1.82) is 0 Å². The number of halogens is 1. The molecule has 0 spiro atoms. The molecule has 1 aliphatic carbocycles. The zero-order valence-corrected chi connectivity index (χ0v) is 11.8. The molecular weight excluding hydrogens is 266 g/mol. The Labute approximate surface area is 117 Å².